The summed E-state index contributed by atoms with van der Waals surface area (Å²) in [4.78, 5) is 11.1. The van der Waals surface area contributed by atoms with Crippen LogP contribution in [0.5, 0.6) is 0 Å². The number of amides is 1. The topological polar surface area (TPSA) is 29.1 Å². The fourth-order valence-electron chi connectivity index (χ4n) is 1.24. The Balaban J connectivity index is 0. The largest absolute Gasteiger partial charge is 1.00 e. The van der Waals surface area contributed by atoms with Crippen LogP contribution < -0.4 is 17.7 Å². The van der Waals surface area contributed by atoms with Gasteiger partial charge in [-0.3, -0.25) is 4.79 Å². The first kappa shape index (κ1) is 17.8. The van der Waals surface area contributed by atoms with Gasteiger partial charge in [0.25, 0.3) is 0 Å². The molecule has 3 nitrogen and oxygen atoms in total. The zero-order valence-electron chi connectivity index (χ0n) is 11.0. The molecule has 0 unspecified atom stereocenters. The third-order valence-electron chi connectivity index (χ3n) is 2.18. The van der Waals surface area contributed by atoms with Gasteiger partial charge in [-0.2, -0.15) is 0 Å². The lowest BCUT2D eigenvalue weighted by Crippen LogP contribution is -3.00. The van der Waals surface area contributed by atoms with E-state index in [4.69, 9.17) is 0 Å². The summed E-state index contributed by atoms with van der Waals surface area (Å²) >= 11 is 0. The minimum atomic E-state index is -0.0263. The normalized spacial score (nSPS) is 10.5. The van der Waals surface area contributed by atoms with E-state index >= 15 is 0 Å². The third kappa shape index (κ3) is 11.5. The Bertz CT molecular complexity index is 222. The minimum Gasteiger partial charge on any atom is -1.00 e. The van der Waals surface area contributed by atoms with Crippen LogP contribution in [0.3, 0.4) is 0 Å². The lowest BCUT2D eigenvalue weighted by Gasteiger charge is -2.23. The summed E-state index contributed by atoms with van der Waals surface area (Å²) in [5.74, 6) is -0.0263. The summed E-state index contributed by atoms with van der Waals surface area (Å²) in [7, 11) is 6.59. The molecule has 0 aromatic heterocycles. The second-order valence-electron chi connectivity index (χ2n) is 5.11. The average Bonchev–Trinajstić information content (AvgIpc) is 2.08. The van der Waals surface area contributed by atoms with Gasteiger partial charge in [-0.1, -0.05) is 6.58 Å². The summed E-state index contributed by atoms with van der Waals surface area (Å²) in [6.07, 6.45) is 3.44. The predicted octanol–water partition coefficient (Wildman–Crippen LogP) is -1.44. The van der Waals surface area contributed by atoms with E-state index in [2.05, 4.69) is 33.0 Å². The fourth-order valence-corrected chi connectivity index (χ4v) is 1.24. The van der Waals surface area contributed by atoms with Gasteiger partial charge in [0, 0.05) is 12.1 Å². The van der Waals surface area contributed by atoms with E-state index in [9.17, 15) is 4.79 Å². The van der Waals surface area contributed by atoms with Gasteiger partial charge in [-0.05, 0) is 26.2 Å². The molecule has 0 aromatic rings. The Morgan fingerprint density at radius 2 is 1.75 bits per heavy atom. The zero-order valence-corrected chi connectivity index (χ0v) is 11.7. The first-order valence-corrected chi connectivity index (χ1v) is 5.57. The van der Waals surface area contributed by atoms with E-state index in [1.165, 1.54) is 19.4 Å². The monoisotopic (exact) mass is 248 g/mol. The van der Waals surface area contributed by atoms with Gasteiger partial charge in [0.2, 0.25) is 5.91 Å². The van der Waals surface area contributed by atoms with Gasteiger partial charge in [-0.15, -0.1) is 0 Å². The molecule has 0 heterocycles. The molecule has 0 bridgehead atoms. The van der Waals surface area contributed by atoms with E-state index in [-0.39, 0.29) is 18.3 Å². The second-order valence-corrected chi connectivity index (χ2v) is 5.11. The zero-order chi connectivity index (χ0) is 11.9. The summed E-state index contributed by atoms with van der Waals surface area (Å²) in [5, 5.41) is 2.84. The molecule has 4 heteroatoms. The van der Waals surface area contributed by atoms with E-state index in [0.717, 1.165) is 17.4 Å². The van der Waals surface area contributed by atoms with Crippen molar-refractivity contribution in [2.45, 2.75) is 26.2 Å². The summed E-state index contributed by atoms with van der Waals surface area (Å²) in [5.41, 5.74) is 0.585. The molecule has 0 aromatic carbocycles. The number of rotatable bonds is 7. The maximum absolute atomic E-state index is 11.1. The molecule has 96 valence electrons. The molecular weight excluding hydrogens is 224 g/mol. The van der Waals surface area contributed by atoms with Gasteiger partial charge >= 0.3 is 0 Å². The Hall–Kier alpha value is -0.540. The summed E-state index contributed by atoms with van der Waals surface area (Å²) in [6.45, 7) is 7.27. The van der Waals surface area contributed by atoms with E-state index < -0.39 is 0 Å². The molecule has 0 aliphatic heterocycles. The quantitative estimate of drug-likeness (QED) is 0.334. The molecule has 1 N–H and O–H groups in total. The highest BCUT2D eigenvalue weighted by atomic mass is 35.5. The fraction of sp³-hybridized carbons (Fsp3) is 0.750. The number of hydrogen-bond acceptors (Lipinski definition) is 1. The lowest BCUT2D eigenvalue weighted by molar-refractivity contribution is -0.870. The van der Waals surface area contributed by atoms with Crippen LogP contribution in [0.2, 0.25) is 0 Å². The van der Waals surface area contributed by atoms with Crippen molar-refractivity contribution in [1.82, 2.24) is 5.32 Å². The number of carbonyl (C=O) groups is 1. The van der Waals surface area contributed by atoms with Crippen molar-refractivity contribution in [3.63, 3.8) is 0 Å². The van der Waals surface area contributed by atoms with Crippen molar-refractivity contribution in [2.75, 3.05) is 34.2 Å². The van der Waals surface area contributed by atoms with Crippen molar-refractivity contribution < 1.29 is 21.7 Å². The number of nitrogens with one attached hydrogen (secondary N) is 1. The molecule has 0 spiro atoms. The number of quaternary nitrogens is 1. The number of carbonyl (C=O) groups excluding carboxylic acids is 1. The maximum Gasteiger partial charge on any atom is 0.246 e. The van der Waals surface area contributed by atoms with Gasteiger partial charge < -0.3 is 22.2 Å². The molecule has 16 heavy (non-hydrogen) atoms. The molecule has 1 amide bonds. The molecule has 0 aliphatic carbocycles. The molecule has 0 rings (SSSR count). The van der Waals surface area contributed by atoms with Crippen molar-refractivity contribution in [3.8, 4) is 0 Å². The predicted molar refractivity (Wildman–Crippen MR) is 64.6 cm³/mol. The molecule has 0 saturated heterocycles. The SMILES string of the molecule is C=C(C)C(=O)NCCCCC[N+](C)(C)C.[Cl-]. The van der Waals surface area contributed by atoms with Crippen molar-refractivity contribution >= 4 is 5.91 Å². The number of halogens is 1. The van der Waals surface area contributed by atoms with Crippen LogP contribution in [-0.4, -0.2) is 44.6 Å². The van der Waals surface area contributed by atoms with E-state index in [1.807, 2.05) is 0 Å². The Kier molecular flexibility index (Phi) is 9.58. The summed E-state index contributed by atoms with van der Waals surface area (Å²) < 4.78 is 1.01. The Labute approximate surface area is 106 Å². The molecule has 0 atom stereocenters. The van der Waals surface area contributed by atoms with Crippen molar-refractivity contribution in [1.29, 1.82) is 0 Å². The van der Waals surface area contributed by atoms with Crippen LogP contribution >= 0.6 is 0 Å². The highest BCUT2D eigenvalue weighted by Crippen LogP contribution is 2.00. The molecule has 0 saturated carbocycles. The standard InChI is InChI=1S/C12H24N2O.ClH/c1-11(2)12(15)13-9-7-6-8-10-14(3,4)5;/h1,6-10H2,2-5H3;1H. The Morgan fingerprint density at radius 3 is 2.19 bits per heavy atom. The van der Waals surface area contributed by atoms with E-state index in [1.54, 1.807) is 6.92 Å². The Morgan fingerprint density at radius 1 is 1.19 bits per heavy atom. The van der Waals surface area contributed by atoms with Gasteiger partial charge in [0.1, 0.15) is 0 Å². The molecule has 0 aliphatic rings. The molecule has 0 radical (unpaired) electrons. The number of nitrogens with zero attached hydrogens (tertiary/aromatic N) is 1. The van der Waals surface area contributed by atoms with Crippen LogP contribution in [0.1, 0.15) is 26.2 Å². The first-order valence-electron chi connectivity index (χ1n) is 5.57. The first-order chi connectivity index (χ1) is 6.83. The van der Waals surface area contributed by atoms with Gasteiger partial charge in [0.05, 0.1) is 27.7 Å². The van der Waals surface area contributed by atoms with Gasteiger partial charge in [0.15, 0.2) is 0 Å². The number of hydrogen-bond donors (Lipinski definition) is 1. The molecular formula is C12H25ClN2O. The van der Waals surface area contributed by atoms with Crippen LogP contribution in [0, 0.1) is 0 Å². The second kappa shape index (κ2) is 8.59. The van der Waals surface area contributed by atoms with Gasteiger partial charge in [-0.25, -0.2) is 0 Å². The van der Waals surface area contributed by atoms with Crippen molar-refractivity contribution in [2.24, 2.45) is 0 Å². The summed E-state index contributed by atoms with van der Waals surface area (Å²) in [6, 6.07) is 0. The number of unbranched alkanes of at least 4 members (excludes halogenated alkanes) is 2. The lowest BCUT2D eigenvalue weighted by atomic mass is 10.2. The van der Waals surface area contributed by atoms with E-state index in [0.29, 0.717) is 5.57 Å². The highest BCUT2D eigenvalue weighted by molar-refractivity contribution is 5.91. The van der Waals surface area contributed by atoms with Crippen LogP contribution in [0.4, 0.5) is 0 Å². The third-order valence-corrected chi connectivity index (χ3v) is 2.18. The van der Waals surface area contributed by atoms with Crippen LogP contribution in [-0.2, 0) is 4.79 Å². The highest BCUT2D eigenvalue weighted by Gasteiger charge is 2.05. The maximum atomic E-state index is 11.1. The minimum absolute atomic E-state index is 0. The van der Waals surface area contributed by atoms with Crippen LogP contribution in [0.15, 0.2) is 12.2 Å². The molecule has 0 fully saturated rings. The van der Waals surface area contributed by atoms with Crippen molar-refractivity contribution in [3.05, 3.63) is 12.2 Å². The smallest absolute Gasteiger partial charge is 0.246 e. The average molecular weight is 249 g/mol. The van der Waals surface area contributed by atoms with Crippen LogP contribution in [0.25, 0.3) is 0 Å².